The highest BCUT2D eigenvalue weighted by atomic mass is 79.9. The van der Waals surface area contributed by atoms with Crippen molar-refractivity contribution in [2.24, 2.45) is 0 Å². The first-order valence-electron chi connectivity index (χ1n) is 4.11. The highest BCUT2D eigenvalue weighted by Gasteiger charge is 2.04. The van der Waals surface area contributed by atoms with E-state index >= 15 is 0 Å². The van der Waals surface area contributed by atoms with E-state index in [1.54, 1.807) is 0 Å². The zero-order valence-electron chi connectivity index (χ0n) is 7.11. The van der Waals surface area contributed by atoms with Gasteiger partial charge >= 0.3 is 0 Å². The van der Waals surface area contributed by atoms with Gasteiger partial charge in [-0.1, -0.05) is 47.5 Å². The van der Waals surface area contributed by atoms with Gasteiger partial charge in [-0.2, -0.15) is 0 Å². The Morgan fingerprint density at radius 2 is 2.00 bits per heavy atom. The van der Waals surface area contributed by atoms with Crippen molar-refractivity contribution in [1.29, 1.82) is 0 Å². The molecule has 0 saturated heterocycles. The molecular formula is C10H12BrF. The Morgan fingerprint density at radius 1 is 1.33 bits per heavy atom. The second-order valence-corrected chi connectivity index (χ2v) is 3.33. The first kappa shape index (κ1) is 9.72. The van der Waals surface area contributed by atoms with Crippen LogP contribution in [0.5, 0.6) is 0 Å². The monoisotopic (exact) mass is 230 g/mol. The molecule has 1 aromatic carbocycles. The maximum atomic E-state index is 13.4. The van der Waals surface area contributed by atoms with Crippen molar-refractivity contribution in [3.8, 4) is 0 Å². The molecule has 0 bridgehead atoms. The Bertz CT molecular complexity index is 258. The molecule has 0 fully saturated rings. The summed E-state index contributed by atoms with van der Waals surface area (Å²) in [5.74, 6) is -0.0452. The molecule has 0 nitrogen and oxygen atoms in total. The Hall–Kier alpha value is -0.370. The number of benzene rings is 1. The maximum Gasteiger partial charge on any atom is 0.130 e. The van der Waals surface area contributed by atoms with Crippen LogP contribution in [0.15, 0.2) is 18.2 Å². The maximum absolute atomic E-state index is 13.4. The van der Waals surface area contributed by atoms with Crippen LogP contribution in [0.4, 0.5) is 4.39 Å². The summed E-state index contributed by atoms with van der Waals surface area (Å²) >= 11 is 3.25. The smallest absolute Gasteiger partial charge is 0.130 e. The highest BCUT2D eigenvalue weighted by molar-refractivity contribution is 9.08. The predicted octanol–water partition coefficient (Wildman–Crippen LogP) is 3.67. The molecule has 0 unspecified atom stereocenters. The van der Waals surface area contributed by atoms with Crippen LogP contribution in [0, 0.1) is 5.82 Å². The topological polar surface area (TPSA) is 0 Å². The average molecular weight is 231 g/mol. The molecule has 66 valence electrons. The van der Waals surface area contributed by atoms with Crippen LogP contribution in [0.1, 0.15) is 24.5 Å². The molecule has 0 aromatic heterocycles. The van der Waals surface area contributed by atoms with Gasteiger partial charge in [0, 0.05) is 5.33 Å². The third kappa shape index (κ3) is 2.07. The Labute approximate surface area is 80.9 Å². The standard InChI is InChI=1S/C10H12BrF/c1-2-4-8-5-3-6-9(7-11)10(8)12/h3,5-6H,2,4,7H2,1H3. The molecule has 2 heteroatoms. The quantitative estimate of drug-likeness (QED) is 0.696. The van der Waals surface area contributed by atoms with Crippen molar-refractivity contribution in [3.63, 3.8) is 0 Å². The molecule has 0 amide bonds. The van der Waals surface area contributed by atoms with E-state index in [0.29, 0.717) is 5.33 Å². The predicted molar refractivity (Wildman–Crippen MR) is 53.0 cm³/mol. The summed E-state index contributed by atoms with van der Waals surface area (Å²) in [5.41, 5.74) is 1.58. The van der Waals surface area contributed by atoms with Crippen molar-refractivity contribution in [1.82, 2.24) is 0 Å². The van der Waals surface area contributed by atoms with Gasteiger partial charge in [0.2, 0.25) is 0 Å². The minimum absolute atomic E-state index is 0.0452. The van der Waals surface area contributed by atoms with Crippen LogP contribution < -0.4 is 0 Å². The zero-order valence-corrected chi connectivity index (χ0v) is 8.70. The summed E-state index contributed by atoms with van der Waals surface area (Å²) in [6, 6.07) is 5.57. The van der Waals surface area contributed by atoms with Crippen molar-refractivity contribution >= 4 is 15.9 Å². The zero-order chi connectivity index (χ0) is 8.97. The summed E-state index contributed by atoms with van der Waals surface area (Å²) in [5, 5.41) is 0.594. The van der Waals surface area contributed by atoms with Gasteiger partial charge in [-0.15, -0.1) is 0 Å². The molecule has 0 radical (unpaired) electrons. The van der Waals surface area contributed by atoms with Gasteiger partial charge in [-0.3, -0.25) is 0 Å². The molecule has 0 spiro atoms. The lowest BCUT2D eigenvalue weighted by molar-refractivity contribution is 0.597. The number of hydrogen-bond donors (Lipinski definition) is 0. The first-order chi connectivity index (χ1) is 5.79. The van der Waals surface area contributed by atoms with Crippen molar-refractivity contribution < 1.29 is 4.39 Å². The van der Waals surface area contributed by atoms with E-state index in [-0.39, 0.29) is 5.82 Å². The number of halogens is 2. The second kappa shape index (κ2) is 4.61. The number of hydrogen-bond acceptors (Lipinski definition) is 0. The van der Waals surface area contributed by atoms with Crippen LogP contribution in [0.2, 0.25) is 0 Å². The van der Waals surface area contributed by atoms with E-state index in [4.69, 9.17) is 0 Å². The Kier molecular flexibility index (Phi) is 3.73. The fourth-order valence-corrected chi connectivity index (χ4v) is 1.63. The van der Waals surface area contributed by atoms with E-state index in [9.17, 15) is 4.39 Å². The fraction of sp³-hybridized carbons (Fsp3) is 0.400. The summed E-state index contributed by atoms with van der Waals surface area (Å²) in [6.07, 6.45) is 1.81. The minimum Gasteiger partial charge on any atom is -0.206 e. The molecule has 0 saturated carbocycles. The summed E-state index contributed by atoms with van der Waals surface area (Å²) in [4.78, 5) is 0. The van der Waals surface area contributed by atoms with Crippen molar-refractivity contribution in [2.75, 3.05) is 0 Å². The summed E-state index contributed by atoms with van der Waals surface area (Å²) in [6.45, 7) is 2.06. The van der Waals surface area contributed by atoms with E-state index in [1.165, 1.54) is 0 Å². The van der Waals surface area contributed by atoms with Crippen LogP contribution in [-0.4, -0.2) is 0 Å². The van der Waals surface area contributed by atoms with E-state index in [0.717, 1.165) is 24.0 Å². The van der Waals surface area contributed by atoms with Gasteiger partial charge in [0.15, 0.2) is 0 Å². The molecule has 0 N–H and O–H groups in total. The number of alkyl halides is 1. The van der Waals surface area contributed by atoms with Gasteiger partial charge < -0.3 is 0 Å². The van der Waals surface area contributed by atoms with Gasteiger partial charge in [-0.25, -0.2) is 4.39 Å². The van der Waals surface area contributed by atoms with Gasteiger partial charge in [0.1, 0.15) is 5.82 Å². The Morgan fingerprint density at radius 3 is 2.58 bits per heavy atom. The largest absolute Gasteiger partial charge is 0.206 e. The minimum atomic E-state index is -0.0452. The van der Waals surface area contributed by atoms with Crippen molar-refractivity contribution in [2.45, 2.75) is 25.1 Å². The molecule has 0 heterocycles. The number of rotatable bonds is 3. The SMILES string of the molecule is CCCc1cccc(CBr)c1F. The lowest BCUT2D eigenvalue weighted by Gasteiger charge is -2.04. The van der Waals surface area contributed by atoms with Crippen LogP contribution in [-0.2, 0) is 11.8 Å². The molecular weight excluding hydrogens is 219 g/mol. The number of aryl methyl sites for hydroxylation is 1. The lowest BCUT2D eigenvalue weighted by Crippen LogP contribution is -1.93. The highest BCUT2D eigenvalue weighted by Crippen LogP contribution is 2.16. The molecule has 0 aliphatic rings. The molecule has 0 aliphatic carbocycles. The fourth-order valence-electron chi connectivity index (χ4n) is 1.20. The second-order valence-electron chi connectivity index (χ2n) is 2.77. The van der Waals surface area contributed by atoms with Gasteiger partial charge in [-0.05, 0) is 17.5 Å². The molecule has 12 heavy (non-hydrogen) atoms. The van der Waals surface area contributed by atoms with Crippen LogP contribution >= 0.6 is 15.9 Å². The van der Waals surface area contributed by atoms with Gasteiger partial charge in [0.05, 0.1) is 0 Å². The average Bonchev–Trinajstić information content (AvgIpc) is 2.09. The normalized spacial score (nSPS) is 10.2. The molecule has 1 aromatic rings. The summed E-state index contributed by atoms with van der Waals surface area (Å²) in [7, 11) is 0. The molecule has 0 atom stereocenters. The Balaban J connectivity index is 2.97. The lowest BCUT2D eigenvalue weighted by atomic mass is 10.1. The third-order valence-electron chi connectivity index (χ3n) is 1.82. The van der Waals surface area contributed by atoms with E-state index < -0.39 is 0 Å². The van der Waals surface area contributed by atoms with E-state index in [1.807, 2.05) is 18.2 Å². The summed E-state index contributed by atoms with van der Waals surface area (Å²) < 4.78 is 13.4. The first-order valence-corrected chi connectivity index (χ1v) is 5.24. The van der Waals surface area contributed by atoms with Crippen LogP contribution in [0.25, 0.3) is 0 Å². The molecule has 1 rings (SSSR count). The third-order valence-corrected chi connectivity index (χ3v) is 2.43. The van der Waals surface area contributed by atoms with Crippen molar-refractivity contribution in [3.05, 3.63) is 35.1 Å². The van der Waals surface area contributed by atoms with Gasteiger partial charge in [0.25, 0.3) is 0 Å². The molecule has 0 aliphatic heterocycles. The van der Waals surface area contributed by atoms with E-state index in [2.05, 4.69) is 22.9 Å². The van der Waals surface area contributed by atoms with Crippen LogP contribution in [0.3, 0.4) is 0 Å².